The van der Waals surface area contributed by atoms with Crippen molar-refractivity contribution < 1.29 is 9.59 Å². The summed E-state index contributed by atoms with van der Waals surface area (Å²) in [6, 6.07) is -0.0644. The van der Waals surface area contributed by atoms with Gasteiger partial charge in [-0.3, -0.25) is 9.59 Å². The molecule has 96 valence electrons. The summed E-state index contributed by atoms with van der Waals surface area (Å²) >= 11 is 0. The molecular weight excluding hydrogens is 216 g/mol. The molecule has 0 radical (unpaired) electrons. The van der Waals surface area contributed by atoms with Crippen molar-refractivity contribution in [3.8, 4) is 0 Å². The molecule has 4 nitrogen and oxygen atoms in total. The molecule has 1 N–H and O–H groups in total. The van der Waals surface area contributed by atoms with E-state index in [4.69, 9.17) is 0 Å². The number of amides is 2. The molecule has 1 saturated carbocycles. The zero-order valence-corrected chi connectivity index (χ0v) is 10.7. The summed E-state index contributed by atoms with van der Waals surface area (Å²) in [7, 11) is 0. The second-order valence-electron chi connectivity index (χ2n) is 5.28. The van der Waals surface area contributed by atoms with E-state index in [0.29, 0.717) is 5.92 Å². The van der Waals surface area contributed by atoms with Crippen molar-refractivity contribution in [2.45, 2.75) is 58.0 Å². The third-order valence-electron chi connectivity index (χ3n) is 4.14. The Morgan fingerprint density at radius 2 is 2.00 bits per heavy atom. The maximum atomic E-state index is 12.1. The molecule has 2 amide bonds. The molecule has 0 aromatic rings. The summed E-state index contributed by atoms with van der Waals surface area (Å²) in [5, 5.41) is 2.70. The van der Waals surface area contributed by atoms with Gasteiger partial charge in [0.05, 0.1) is 6.54 Å². The van der Waals surface area contributed by atoms with Gasteiger partial charge in [-0.15, -0.1) is 0 Å². The number of carbonyl (C=O) groups excluding carboxylic acids is 2. The highest BCUT2D eigenvalue weighted by Crippen LogP contribution is 2.31. The molecule has 2 fully saturated rings. The van der Waals surface area contributed by atoms with Crippen molar-refractivity contribution in [2.75, 3.05) is 6.54 Å². The van der Waals surface area contributed by atoms with Crippen LogP contribution in [0, 0.1) is 5.92 Å². The van der Waals surface area contributed by atoms with Gasteiger partial charge in [-0.2, -0.15) is 0 Å². The van der Waals surface area contributed by atoms with Gasteiger partial charge in [0.15, 0.2) is 0 Å². The fraction of sp³-hybridized carbons (Fsp3) is 0.846. The van der Waals surface area contributed by atoms with Gasteiger partial charge < -0.3 is 10.2 Å². The zero-order chi connectivity index (χ0) is 12.4. The van der Waals surface area contributed by atoms with Crippen LogP contribution in [-0.2, 0) is 9.59 Å². The number of nitrogens with zero attached hydrogens (tertiary/aromatic N) is 1. The number of piperazine rings is 1. The lowest BCUT2D eigenvalue weighted by Gasteiger charge is -2.42. The van der Waals surface area contributed by atoms with Gasteiger partial charge in [0, 0.05) is 6.04 Å². The first-order valence-electron chi connectivity index (χ1n) is 6.73. The number of hydrogen-bond acceptors (Lipinski definition) is 2. The zero-order valence-electron chi connectivity index (χ0n) is 10.7. The highest BCUT2D eigenvalue weighted by molar-refractivity contribution is 5.94. The molecule has 0 aromatic carbocycles. The molecule has 1 heterocycles. The minimum Gasteiger partial charge on any atom is -0.343 e. The fourth-order valence-corrected chi connectivity index (χ4v) is 3.19. The smallest absolute Gasteiger partial charge is 0.245 e. The van der Waals surface area contributed by atoms with E-state index in [-0.39, 0.29) is 30.4 Å². The Morgan fingerprint density at radius 3 is 2.71 bits per heavy atom. The van der Waals surface area contributed by atoms with Gasteiger partial charge in [-0.1, -0.05) is 26.2 Å². The van der Waals surface area contributed by atoms with Crippen molar-refractivity contribution in [3.05, 3.63) is 0 Å². The van der Waals surface area contributed by atoms with Crippen molar-refractivity contribution in [2.24, 2.45) is 5.92 Å². The molecular formula is C13H22N2O2. The van der Waals surface area contributed by atoms with E-state index in [1.807, 2.05) is 4.90 Å². The number of rotatable bonds is 2. The molecule has 0 spiro atoms. The Balaban J connectivity index is 2.13. The third kappa shape index (κ3) is 2.45. The molecule has 1 aliphatic carbocycles. The van der Waals surface area contributed by atoms with Crippen LogP contribution in [0.2, 0.25) is 0 Å². The SMILES string of the molecule is CCC1CCCCC1N1CC(=O)NC(C)C1=O. The van der Waals surface area contributed by atoms with Crippen LogP contribution in [0.15, 0.2) is 0 Å². The Hall–Kier alpha value is -1.06. The highest BCUT2D eigenvalue weighted by atomic mass is 16.2. The van der Waals surface area contributed by atoms with Crippen LogP contribution in [0.4, 0.5) is 0 Å². The third-order valence-corrected chi connectivity index (χ3v) is 4.14. The van der Waals surface area contributed by atoms with Gasteiger partial charge in [0.25, 0.3) is 0 Å². The maximum absolute atomic E-state index is 12.1. The van der Waals surface area contributed by atoms with E-state index in [0.717, 1.165) is 12.8 Å². The largest absolute Gasteiger partial charge is 0.343 e. The molecule has 3 atom stereocenters. The van der Waals surface area contributed by atoms with Crippen molar-refractivity contribution >= 4 is 11.8 Å². The van der Waals surface area contributed by atoms with E-state index in [9.17, 15) is 9.59 Å². The Bertz CT molecular complexity index is 317. The first-order valence-corrected chi connectivity index (χ1v) is 6.73. The number of hydrogen-bond donors (Lipinski definition) is 1. The molecule has 2 aliphatic rings. The summed E-state index contributed by atoms with van der Waals surface area (Å²) in [6.07, 6.45) is 5.80. The quantitative estimate of drug-likeness (QED) is 0.788. The van der Waals surface area contributed by atoms with E-state index >= 15 is 0 Å². The molecule has 1 saturated heterocycles. The minimum atomic E-state index is -0.351. The molecule has 2 rings (SSSR count). The Labute approximate surface area is 103 Å². The summed E-state index contributed by atoms with van der Waals surface area (Å²) in [5.74, 6) is 0.651. The van der Waals surface area contributed by atoms with Crippen molar-refractivity contribution in [1.29, 1.82) is 0 Å². The highest BCUT2D eigenvalue weighted by Gasteiger charge is 2.37. The second kappa shape index (κ2) is 5.07. The van der Waals surface area contributed by atoms with Gasteiger partial charge in [-0.05, 0) is 25.7 Å². The average molecular weight is 238 g/mol. The monoisotopic (exact) mass is 238 g/mol. The standard InChI is InChI=1S/C13H22N2O2/c1-3-10-6-4-5-7-11(10)15-8-12(16)14-9(2)13(15)17/h9-11H,3-8H2,1-2H3,(H,14,16). The maximum Gasteiger partial charge on any atom is 0.245 e. The molecule has 3 unspecified atom stereocenters. The predicted molar refractivity (Wildman–Crippen MR) is 65.4 cm³/mol. The van der Waals surface area contributed by atoms with Crippen LogP contribution >= 0.6 is 0 Å². The van der Waals surface area contributed by atoms with Gasteiger partial charge in [0.1, 0.15) is 6.04 Å². The van der Waals surface area contributed by atoms with Crippen molar-refractivity contribution in [3.63, 3.8) is 0 Å². The lowest BCUT2D eigenvalue weighted by molar-refractivity contribution is -0.148. The fourth-order valence-electron chi connectivity index (χ4n) is 3.19. The van der Waals surface area contributed by atoms with Crippen molar-refractivity contribution in [1.82, 2.24) is 10.2 Å². The molecule has 0 bridgehead atoms. The van der Waals surface area contributed by atoms with E-state index in [1.165, 1.54) is 19.3 Å². The Morgan fingerprint density at radius 1 is 1.29 bits per heavy atom. The normalized spacial score (nSPS) is 34.7. The van der Waals surface area contributed by atoms with Crippen LogP contribution in [0.3, 0.4) is 0 Å². The molecule has 1 aliphatic heterocycles. The summed E-state index contributed by atoms with van der Waals surface area (Å²) in [4.78, 5) is 25.5. The number of nitrogens with one attached hydrogen (secondary N) is 1. The lowest BCUT2D eigenvalue weighted by atomic mass is 9.81. The van der Waals surface area contributed by atoms with Gasteiger partial charge >= 0.3 is 0 Å². The summed E-state index contributed by atoms with van der Waals surface area (Å²) in [6.45, 7) is 4.21. The van der Waals surface area contributed by atoms with Gasteiger partial charge in [-0.25, -0.2) is 0 Å². The lowest BCUT2D eigenvalue weighted by Crippen LogP contribution is -2.61. The average Bonchev–Trinajstić information content (AvgIpc) is 2.33. The van der Waals surface area contributed by atoms with Crippen LogP contribution in [0.1, 0.15) is 46.0 Å². The van der Waals surface area contributed by atoms with E-state index in [2.05, 4.69) is 12.2 Å². The van der Waals surface area contributed by atoms with Crippen LogP contribution < -0.4 is 5.32 Å². The van der Waals surface area contributed by atoms with Crippen LogP contribution in [-0.4, -0.2) is 35.3 Å². The van der Waals surface area contributed by atoms with Crippen LogP contribution in [0.25, 0.3) is 0 Å². The first-order chi connectivity index (χ1) is 8.13. The summed E-state index contributed by atoms with van der Waals surface area (Å²) < 4.78 is 0. The molecule has 4 heteroatoms. The van der Waals surface area contributed by atoms with E-state index in [1.54, 1.807) is 6.92 Å². The first kappa shape index (κ1) is 12.4. The predicted octanol–water partition coefficient (Wildman–Crippen LogP) is 1.30. The molecule has 0 aromatic heterocycles. The summed E-state index contributed by atoms with van der Waals surface area (Å²) in [5.41, 5.74) is 0. The minimum absolute atomic E-state index is 0.0162. The Kier molecular flexibility index (Phi) is 3.69. The molecule has 17 heavy (non-hydrogen) atoms. The topological polar surface area (TPSA) is 49.4 Å². The van der Waals surface area contributed by atoms with E-state index < -0.39 is 0 Å². The number of carbonyl (C=O) groups is 2. The second-order valence-corrected chi connectivity index (χ2v) is 5.28. The van der Waals surface area contributed by atoms with Gasteiger partial charge in [0.2, 0.25) is 11.8 Å². The van der Waals surface area contributed by atoms with Crippen LogP contribution in [0.5, 0.6) is 0 Å².